The molecule has 0 bridgehead atoms. The minimum absolute atomic E-state index is 0.0684. The summed E-state index contributed by atoms with van der Waals surface area (Å²) in [6.07, 6.45) is 1.54. The first kappa shape index (κ1) is 13.7. The SMILES string of the molecule is COC(=O)c1nccc(NCCN2CCOCC2)n1. The summed E-state index contributed by atoms with van der Waals surface area (Å²) in [6.45, 7) is 5.18. The summed E-state index contributed by atoms with van der Waals surface area (Å²) in [6, 6.07) is 1.73. The number of carbonyl (C=O) groups is 1. The van der Waals surface area contributed by atoms with Crippen LogP contribution >= 0.6 is 0 Å². The van der Waals surface area contributed by atoms with E-state index in [4.69, 9.17) is 4.74 Å². The molecular formula is C12H18N4O3. The molecule has 0 atom stereocenters. The molecule has 0 amide bonds. The molecule has 7 nitrogen and oxygen atoms in total. The highest BCUT2D eigenvalue weighted by atomic mass is 16.5. The molecule has 1 aromatic heterocycles. The summed E-state index contributed by atoms with van der Waals surface area (Å²) in [5, 5.41) is 3.17. The van der Waals surface area contributed by atoms with Gasteiger partial charge >= 0.3 is 5.97 Å². The van der Waals surface area contributed by atoms with Crippen molar-refractivity contribution < 1.29 is 14.3 Å². The average Bonchev–Trinajstić information content (AvgIpc) is 2.48. The van der Waals surface area contributed by atoms with E-state index in [1.165, 1.54) is 13.3 Å². The minimum atomic E-state index is -0.531. The second-order valence-electron chi connectivity index (χ2n) is 4.14. The predicted molar refractivity (Wildman–Crippen MR) is 69.1 cm³/mol. The van der Waals surface area contributed by atoms with E-state index in [2.05, 4.69) is 24.9 Å². The highest BCUT2D eigenvalue weighted by Crippen LogP contribution is 2.03. The van der Waals surface area contributed by atoms with E-state index in [9.17, 15) is 4.79 Å². The van der Waals surface area contributed by atoms with E-state index in [1.807, 2.05) is 0 Å². The second kappa shape index (κ2) is 7.01. The lowest BCUT2D eigenvalue weighted by molar-refractivity contribution is 0.0398. The van der Waals surface area contributed by atoms with Crippen LogP contribution in [0.3, 0.4) is 0 Å². The van der Waals surface area contributed by atoms with E-state index in [0.717, 1.165) is 39.4 Å². The van der Waals surface area contributed by atoms with Gasteiger partial charge in [-0.15, -0.1) is 0 Å². The first-order valence-corrected chi connectivity index (χ1v) is 6.25. The summed E-state index contributed by atoms with van der Waals surface area (Å²) in [7, 11) is 1.31. The molecule has 1 aromatic rings. The van der Waals surface area contributed by atoms with Crippen molar-refractivity contribution in [2.45, 2.75) is 0 Å². The molecule has 1 saturated heterocycles. The third kappa shape index (κ3) is 4.15. The number of rotatable bonds is 5. The zero-order chi connectivity index (χ0) is 13.5. The van der Waals surface area contributed by atoms with E-state index in [0.29, 0.717) is 5.82 Å². The summed E-state index contributed by atoms with van der Waals surface area (Å²) >= 11 is 0. The number of hydrogen-bond donors (Lipinski definition) is 1. The van der Waals surface area contributed by atoms with Gasteiger partial charge < -0.3 is 14.8 Å². The first-order valence-electron chi connectivity index (χ1n) is 6.25. The van der Waals surface area contributed by atoms with Crippen molar-refractivity contribution in [3.05, 3.63) is 18.1 Å². The van der Waals surface area contributed by atoms with Crippen LogP contribution in [0, 0.1) is 0 Å². The number of nitrogens with zero attached hydrogens (tertiary/aromatic N) is 3. The van der Waals surface area contributed by atoms with Crippen LogP contribution in [-0.4, -0.2) is 67.3 Å². The normalized spacial score (nSPS) is 16.1. The van der Waals surface area contributed by atoms with Gasteiger partial charge in [0.15, 0.2) is 0 Å². The summed E-state index contributed by atoms with van der Waals surface area (Å²) in [4.78, 5) is 21.5. The molecule has 0 aliphatic carbocycles. The predicted octanol–water partition coefficient (Wildman–Crippen LogP) is 0.00730. The number of nitrogens with one attached hydrogen (secondary N) is 1. The number of carbonyl (C=O) groups excluding carboxylic acids is 1. The van der Waals surface area contributed by atoms with Crippen LogP contribution in [0.1, 0.15) is 10.6 Å². The van der Waals surface area contributed by atoms with Gasteiger partial charge in [0.1, 0.15) is 5.82 Å². The zero-order valence-electron chi connectivity index (χ0n) is 11.0. The fourth-order valence-electron chi connectivity index (χ4n) is 1.81. The Bertz CT molecular complexity index is 421. The van der Waals surface area contributed by atoms with Gasteiger partial charge in [-0.05, 0) is 6.07 Å². The van der Waals surface area contributed by atoms with E-state index in [-0.39, 0.29) is 5.82 Å². The van der Waals surface area contributed by atoms with Gasteiger partial charge in [0.2, 0.25) is 5.82 Å². The molecule has 2 heterocycles. The summed E-state index contributed by atoms with van der Waals surface area (Å²) < 4.78 is 9.86. The lowest BCUT2D eigenvalue weighted by Crippen LogP contribution is -2.39. The largest absolute Gasteiger partial charge is 0.463 e. The van der Waals surface area contributed by atoms with Crippen LogP contribution in [0.2, 0.25) is 0 Å². The third-order valence-electron chi connectivity index (χ3n) is 2.86. The number of hydrogen-bond acceptors (Lipinski definition) is 7. The highest BCUT2D eigenvalue weighted by molar-refractivity contribution is 5.85. The average molecular weight is 266 g/mol. The molecule has 0 saturated carbocycles. The molecule has 1 aliphatic heterocycles. The minimum Gasteiger partial charge on any atom is -0.463 e. The van der Waals surface area contributed by atoms with Crippen LogP contribution in [-0.2, 0) is 9.47 Å². The van der Waals surface area contributed by atoms with Crippen LogP contribution < -0.4 is 5.32 Å². The van der Waals surface area contributed by atoms with Crippen molar-refractivity contribution in [3.8, 4) is 0 Å². The monoisotopic (exact) mass is 266 g/mol. The second-order valence-corrected chi connectivity index (χ2v) is 4.14. The lowest BCUT2D eigenvalue weighted by Gasteiger charge is -2.26. The van der Waals surface area contributed by atoms with Crippen molar-refractivity contribution in [3.63, 3.8) is 0 Å². The Morgan fingerprint density at radius 1 is 1.53 bits per heavy atom. The maximum atomic E-state index is 11.3. The lowest BCUT2D eigenvalue weighted by atomic mass is 10.4. The molecule has 1 fully saturated rings. The Balaban J connectivity index is 1.80. The molecule has 7 heteroatoms. The Kier molecular flexibility index (Phi) is 5.05. The van der Waals surface area contributed by atoms with E-state index < -0.39 is 5.97 Å². The van der Waals surface area contributed by atoms with Crippen molar-refractivity contribution in [1.82, 2.24) is 14.9 Å². The number of esters is 1. The number of methoxy groups -OCH3 is 1. The Morgan fingerprint density at radius 3 is 3.05 bits per heavy atom. The number of morpholine rings is 1. The molecule has 2 rings (SSSR count). The van der Waals surface area contributed by atoms with Crippen molar-refractivity contribution in [2.24, 2.45) is 0 Å². The van der Waals surface area contributed by atoms with E-state index in [1.54, 1.807) is 6.07 Å². The van der Waals surface area contributed by atoms with Crippen molar-refractivity contribution in [2.75, 3.05) is 51.8 Å². The quantitative estimate of drug-likeness (QED) is 0.752. The molecule has 0 unspecified atom stereocenters. The molecule has 0 spiro atoms. The van der Waals surface area contributed by atoms with Crippen molar-refractivity contribution >= 4 is 11.8 Å². The number of aromatic nitrogens is 2. The van der Waals surface area contributed by atoms with Gasteiger partial charge in [-0.2, -0.15) is 0 Å². The number of anilines is 1. The molecular weight excluding hydrogens is 248 g/mol. The smallest absolute Gasteiger partial charge is 0.376 e. The third-order valence-corrected chi connectivity index (χ3v) is 2.86. The molecule has 1 aliphatic rings. The van der Waals surface area contributed by atoms with Gasteiger partial charge in [0, 0.05) is 32.4 Å². The van der Waals surface area contributed by atoms with Gasteiger partial charge in [0.05, 0.1) is 20.3 Å². The Labute approximate surface area is 111 Å². The van der Waals surface area contributed by atoms with Crippen LogP contribution in [0.15, 0.2) is 12.3 Å². The molecule has 1 N–H and O–H groups in total. The fourth-order valence-corrected chi connectivity index (χ4v) is 1.81. The van der Waals surface area contributed by atoms with Gasteiger partial charge in [0.25, 0.3) is 0 Å². The fraction of sp³-hybridized carbons (Fsp3) is 0.583. The Morgan fingerprint density at radius 2 is 2.32 bits per heavy atom. The topological polar surface area (TPSA) is 76.6 Å². The molecule has 104 valence electrons. The Hall–Kier alpha value is -1.73. The van der Waals surface area contributed by atoms with Crippen LogP contribution in [0.25, 0.3) is 0 Å². The highest BCUT2D eigenvalue weighted by Gasteiger charge is 2.11. The van der Waals surface area contributed by atoms with Gasteiger partial charge in [-0.1, -0.05) is 0 Å². The van der Waals surface area contributed by atoms with Crippen molar-refractivity contribution in [1.29, 1.82) is 0 Å². The molecule has 0 aromatic carbocycles. The molecule has 19 heavy (non-hydrogen) atoms. The summed E-state index contributed by atoms with van der Waals surface area (Å²) in [5.41, 5.74) is 0. The number of ether oxygens (including phenoxy) is 2. The molecule has 0 radical (unpaired) electrons. The first-order chi connectivity index (χ1) is 9.29. The van der Waals surface area contributed by atoms with Crippen LogP contribution in [0.5, 0.6) is 0 Å². The zero-order valence-corrected chi connectivity index (χ0v) is 11.0. The summed E-state index contributed by atoms with van der Waals surface area (Å²) in [5.74, 6) is 0.166. The van der Waals surface area contributed by atoms with Crippen LogP contribution in [0.4, 0.5) is 5.82 Å². The standard InChI is InChI=1S/C12H18N4O3/c1-18-12(17)11-14-3-2-10(15-11)13-4-5-16-6-8-19-9-7-16/h2-3H,4-9H2,1H3,(H,13,14,15). The maximum absolute atomic E-state index is 11.3. The van der Waals surface area contributed by atoms with Gasteiger partial charge in [-0.25, -0.2) is 14.8 Å². The van der Waals surface area contributed by atoms with Gasteiger partial charge in [-0.3, -0.25) is 4.90 Å². The maximum Gasteiger partial charge on any atom is 0.376 e. The van der Waals surface area contributed by atoms with E-state index >= 15 is 0 Å².